The Morgan fingerprint density at radius 1 is 1.42 bits per heavy atom. The van der Waals surface area contributed by atoms with E-state index in [1.165, 1.54) is 41.3 Å². The second kappa shape index (κ2) is 5.15. The minimum Gasteiger partial charge on any atom is -0.371 e. The van der Waals surface area contributed by atoms with Gasteiger partial charge in [0.15, 0.2) is 0 Å². The van der Waals surface area contributed by atoms with Crippen molar-refractivity contribution >= 4 is 11.3 Å². The summed E-state index contributed by atoms with van der Waals surface area (Å²) in [7, 11) is 1.85. The lowest BCUT2D eigenvalue weighted by Gasteiger charge is -2.37. The molecule has 2 N–H and O–H groups in total. The van der Waals surface area contributed by atoms with Crippen LogP contribution in [0.5, 0.6) is 0 Å². The van der Waals surface area contributed by atoms with Gasteiger partial charge in [-0.2, -0.15) is 0 Å². The van der Waals surface area contributed by atoms with Crippen LogP contribution >= 0.6 is 11.3 Å². The van der Waals surface area contributed by atoms with Crippen molar-refractivity contribution < 1.29 is 4.74 Å². The van der Waals surface area contributed by atoms with Gasteiger partial charge in [-0.05, 0) is 38.0 Å². The highest BCUT2D eigenvalue weighted by atomic mass is 32.1. The minimum atomic E-state index is -0.139. The quantitative estimate of drug-likeness (QED) is 0.918. The van der Waals surface area contributed by atoms with Gasteiger partial charge < -0.3 is 10.5 Å². The average Bonchev–Trinajstić information content (AvgIpc) is 3.17. The number of thiazole rings is 1. The predicted octanol–water partition coefficient (Wildman–Crippen LogP) is 3.53. The summed E-state index contributed by atoms with van der Waals surface area (Å²) in [6, 6.07) is 0. The number of aromatic nitrogens is 1. The smallest absolute Gasteiger partial charge is 0.125 e. The van der Waals surface area contributed by atoms with E-state index < -0.39 is 0 Å². The Kier molecular flexibility index (Phi) is 3.67. The summed E-state index contributed by atoms with van der Waals surface area (Å²) in [6.07, 6.45) is 7.33. The van der Waals surface area contributed by atoms with E-state index in [-0.39, 0.29) is 5.60 Å². The number of methoxy groups -OCH3 is 1. The van der Waals surface area contributed by atoms with Crippen LogP contribution in [0, 0.1) is 5.92 Å². The summed E-state index contributed by atoms with van der Waals surface area (Å²) in [4.78, 5) is 6.24. The molecule has 0 saturated heterocycles. The third kappa shape index (κ3) is 2.46. The molecule has 0 radical (unpaired) electrons. The second-order valence-corrected chi connectivity index (χ2v) is 7.29. The third-order valence-electron chi connectivity index (χ3n) is 4.61. The summed E-state index contributed by atoms with van der Waals surface area (Å²) in [5.41, 5.74) is 7.04. The Hall–Kier alpha value is -0.450. The molecule has 0 bridgehead atoms. The molecule has 1 heterocycles. The first kappa shape index (κ1) is 13.5. The molecule has 19 heavy (non-hydrogen) atoms. The zero-order valence-electron chi connectivity index (χ0n) is 11.9. The molecule has 2 aliphatic rings. The number of nitrogens with zero attached hydrogens (tertiary/aromatic N) is 1. The Balaban J connectivity index is 1.94. The molecule has 2 fully saturated rings. The van der Waals surface area contributed by atoms with E-state index in [1.54, 1.807) is 11.3 Å². The summed E-state index contributed by atoms with van der Waals surface area (Å²) in [5, 5.41) is 1.18. The molecule has 0 amide bonds. The van der Waals surface area contributed by atoms with Gasteiger partial charge in [0.2, 0.25) is 0 Å². The lowest BCUT2D eigenvalue weighted by Crippen LogP contribution is -2.34. The zero-order valence-corrected chi connectivity index (χ0v) is 12.8. The highest BCUT2D eigenvalue weighted by Gasteiger charge is 2.41. The fourth-order valence-corrected chi connectivity index (χ4v) is 4.58. The summed E-state index contributed by atoms with van der Waals surface area (Å²) >= 11 is 1.80. The van der Waals surface area contributed by atoms with Crippen LogP contribution in [0.2, 0.25) is 0 Å². The molecule has 2 atom stereocenters. The Labute approximate surface area is 119 Å². The number of hydrogen-bond donors (Lipinski definition) is 1. The molecule has 2 saturated carbocycles. The Morgan fingerprint density at radius 3 is 2.79 bits per heavy atom. The number of hydrogen-bond acceptors (Lipinski definition) is 4. The van der Waals surface area contributed by atoms with Gasteiger partial charge in [0.25, 0.3) is 0 Å². The maximum atomic E-state index is 5.96. The number of nitrogens with two attached hydrogens (primary N) is 1. The van der Waals surface area contributed by atoms with Gasteiger partial charge >= 0.3 is 0 Å². The SMILES string of the molecule is COC1(c2nc(C3CC3)c(CN)s2)CCCC(C)C1. The summed E-state index contributed by atoms with van der Waals surface area (Å²) in [5.74, 6) is 1.40. The first-order valence-corrected chi connectivity index (χ1v) is 8.25. The molecule has 0 spiro atoms. The van der Waals surface area contributed by atoms with Gasteiger partial charge in [-0.25, -0.2) is 4.98 Å². The van der Waals surface area contributed by atoms with Crippen molar-refractivity contribution in [3.8, 4) is 0 Å². The standard InChI is InChI=1S/C15H24N2OS/c1-10-4-3-7-15(8-10,18-2)14-17-13(11-5-6-11)12(9-16)19-14/h10-11H,3-9,16H2,1-2H3. The van der Waals surface area contributed by atoms with Crippen molar-refractivity contribution in [2.24, 2.45) is 11.7 Å². The van der Waals surface area contributed by atoms with Gasteiger partial charge in [-0.15, -0.1) is 11.3 Å². The van der Waals surface area contributed by atoms with Crippen LogP contribution in [0.1, 0.15) is 66.9 Å². The van der Waals surface area contributed by atoms with Crippen LogP contribution in [0.15, 0.2) is 0 Å². The molecule has 2 aliphatic carbocycles. The summed E-state index contributed by atoms with van der Waals surface area (Å²) < 4.78 is 5.96. The molecular formula is C15H24N2OS. The van der Waals surface area contributed by atoms with Crippen molar-refractivity contribution in [2.45, 2.75) is 63.5 Å². The van der Waals surface area contributed by atoms with E-state index in [9.17, 15) is 0 Å². The molecule has 0 aromatic carbocycles. The van der Waals surface area contributed by atoms with E-state index in [4.69, 9.17) is 15.5 Å². The van der Waals surface area contributed by atoms with E-state index >= 15 is 0 Å². The highest BCUT2D eigenvalue weighted by Crippen LogP contribution is 2.48. The van der Waals surface area contributed by atoms with Gasteiger partial charge in [-0.1, -0.05) is 13.3 Å². The van der Waals surface area contributed by atoms with Crippen LogP contribution in [-0.4, -0.2) is 12.1 Å². The van der Waals surface area contributed by atoms with Crippen molar-refractivity contribution in [1.29, 1.82) is 0 Å². The molecule has 3 rings (SSSR count). The topological polar surface area (TPSA) is 48.1 Å². The largest absolute Gasteiger partial charge is 0.371 e. The molecule has 1 aromatic heterocycles. The van der Waals surface area contributed by atoms with Crippen LogP contribution in [-0.2, 0) is 16.9 Å². The predicted molar refractivity (Wildman–Crippen MR) is 78.3 cm³/mol. The van der Waals surface area contributed by atoms with E-state index in [2.05, 4.69) is 6.92 Å². The fraction of sp³-hybridized carbons (Fsp3) is 0.800. The van der Waals surface area contributed by atoms with Gasteiger partial charge in [0.1, 0.15) is 10.6 Å². The molecule has 106 valence electrons. The summed E-state index contributed by atoms with van der Waals surface area (Å²) in [6.45, 7) is 2.95. The van der Waals surface area contributed by atoms with Crippen LogP contribution in [0.25, 0.3) is 0 Å². The molecule has 1 aromatic rings. The molecule has 3 nitrogen and oxygen atoms in total. The van der Waals surface area contributed by atoms with Crippen molar-refractivity contribution in [1.82, 2.24) is 4.98 Å². The molecule has 0 aliphatic heterocycles. The average molecular weight is 280 g/mol. The monoisotopic (exact) mass is 280 g/mol. The molecule has 4 heteroatoms. The van der Waals surface area contributed by atoms with Gasteiger partial charge in [0.05, 0.1) is 5.69 Å². The van der Waals surface area contributed by atoms with Crippen LogP contribution in [0.4, 0.5) is 0 Å². The normalized spacial score (nSPS) is 31.6. The Bertz CT molecular complexity index is 455. The lowest BCUT2D eigenvalue weighted by atomic mass is 9.79. The molecular weight excluding hydrogens is 256 g/mol. The van der Waals surface area contributed by atoms with E-state index in [1.807, 2.05) is 7.11 Å². The fourth-order valence-electron chi connectivity index (χ4n) is 3.35. The van der Waals surface area contributed by atoms with Crippen molar-refractivity contribution in [2.75, 3.05) is 7.11 Å². The number of ether oxygens (including phenoxy) is 1. The Morgan fingerprint density at radius 2 is 2.21 bits per heavy atom. The van der Waals surface area contributed by atoms with Crippen LogP contribution in [0.3, 0.4) is 0 Å². The van der Waals surface area contributed by atoms with Gasteiger partial charge in [-0.3, -0.25) is 0 Å². The first-order valence-electron chi connectivity index (χ1n) is 7.44. The zero-order chi connectivity index (χ0) is 13.5. The maximum Gasteiger partial charge on any atom is 0.125 e. The van der Waals surface area contributed by atoms with Crippen molar-refractivity contribution in [3.63, 3.8) is 0 Å². The van der Waals surface area contributed by atoms with E-state index in [0.29, 0.717) is 12.5 Å². The number of rotatable bonds is 4. The van der Waals surface area contributed by atoms with Crippen LogP contribution < -0.4 is 5.73 Å². The van der Waals surface area contributed by atoms with Crippen molar-refractivity contribution in [3.05, 3.63) is 15.6 Å². The van der Waals surface area contributed by atoms with Gasteiger partial charge in [0, 0.05) is 24.4 Å². The highest BCUT2D eigenvalue weighted by molar-refractivity contribution is 7.11. The first-order chi connectivity index (χ1) is 9.18. The van der Waals surface area contributed by atoms with E-state index in [0.717, 1.165) is 18.8 Å². The lowest BCUT2D eigenvalue weighted by molar-refractivity contribution is -0.0581. The second-order valence-electron chi connectivity index (χ2n) is 6.21. The maximum absolute atomic E-state index is 5.96. The third-order valence-corrected chi connectivity index (χ3v) is 5.89. The molecule has 2 unspecified atom stereocenters. The minimum absolute atomic E-state index is 0.139.